The first-order chi connectivity index (χ1) is 14.6. The quantitative estimate of drug-likeness (QED) is 0.308. The maximum Gasteiger partial charge on any atom is 0.191 e. The van der Waals surface area contributed by atoms with Gasteiger partial charge >= 0.3 is 0 Å². The summed E-state index contributed by atoms with van der Waals surface area (Å²) in [6.45, 7) is 7.32. The Hall–Kier alpha value is -1.35. The molecule has 0 unspecified atom stereocenters. The number of nitrogens with zero attached hydrogens (tertiary/aromatic N) is 3. The second kappa shape index (κ2) is 13.9. The van der Waals surface area contributed by atoms with E-state index in [1.165, 1.54) is 36.2 Å². The minimum absolute atomic E-state index is 0. The fourth-order valence-corrected chi connectivity index (χ4v) is 3.79. The van der Waals surface area contributed by atoms with Crippen molar-refractivity contribution < 1.29 is 0 Å². The van der Waals surface area contributed by atoms with E-state index in [1.54, 1.807) is 7.05 Å². The van der Waals surface area contributed by atoms with Gasteiger partial charge < -0.3 is 15.5 Å². The van der Waals surface area contributed by atoms with E-state index in [2.05, 4.69) is 68.9 Å². The summed E-state index contributed by atoms with van der Waals surface area (Å²) in [5, 5.41) is 7.54. The second-order valence-corrected chi connectivity index (χ2v) is 8.41. The van der Waals surface area contributed by atoms with Crippen LogP contribution in [-0.4, -0.2) is 62.6 Å². The van der Waals surface area contributed by atoms with Crippen molar-refractivity contribution in [1.29, 1.82) is 0 Å². The molecule has 2 aromatic carbocycles. The molecule has 0 radical (unpaired) electrons. The first-order valence-corrected chi connectivity index (χ1v) is 11.2. The third-order valence-electron chi connectivity index (χ3n) is 5.54. The molecular formula is C24H35ClIN5. The standard InChI is InChI=1S/C24H34ClN5.HI/c1-26-24(27-13-12-20-8-10-23(25)11-9-20)28-18-21-4-6-22(7-5-21)19-30-15-3-14-29(2)16-17-30;/h4-11H,3,12-19H2,1-2H3,(H2,26,27,28);1H. The second-order valence-electron chi connectivity index (χ2n) is 7.98. The van der Waals surface area contributed by atoms with E-state index in [4.69, 9.17) is 11.6 Å². The average molecular weight is 556 g/mol. The summed E-state index contributed by atoms with van der Waals surface area (Å²) in [5.41, 5.74) is 3.90. The summed E-state index contributed by atoms with van der Waals surface area (Å²) in [6, 6.07) is 16.9. The van der Waals surface area contributed by atoms with Crippen molar-refractivity contribution in [1.82, 2.24) is 20.4 Å². The number of guanidine groups is 1. The summed E-state index contributed by atoms with van der Waals surface area (Å²) >= 11 is 5.94. The Labute approximate surface area is 209 Å². The van der Waals surface area contributed by atoms with Crippen molar-refractivity contribution in [3.05, 3.63) is 70.2 Å². The Kier molecular flexibility index (Phi) is 11.6. The third kappa shape index (κ3) is 9.35. The number of likely N-dealkylation sites (N-methyl/N-ethyl adjacent to an activating group) is 1. The van der Waals surface area contributed by atoms with Crippen LogP contribution in [0.25, 0.3) is 0 Å². The largest absolute Gasteiger partial charge is 0.356 e. The zero-order valence-electron chi connectivity index (χ0n) is 18.6. The fraction of sp³-hybridized carbons (Fsp3) is 0.458. The Bertz CT molecular complexity index is 795. The highest BCUT2D eigenvalue weighted by molar-refractivity contribution is 14.0. The van der Waals surface area contributed by atoms with E-state index < -0.39 is 0 Å². The highest BCUT2D eigenvalue weighted by Crippen LogP contribution is 2.11. The summed E-state index contributed by atoms with van der Waals surface area (Å²) < 4.78 is 0. The van der Waals surface area contributed by atoms with Crippen LogP contribution in [0.15, 0.2) is 53.5 Å². The first-order valence-electron chi connectivity index (χ1n) is 10.8. The molecule has 0 bridgehead atoms. The number of aliphatic imine (C=N–C) groups is 1. The van der Waals surface area contributed by atoms with Gasteiger partial charge in [-0.2, -0.15) is 0 Å². The van der Waals surface area contributed by atoms with E-state index >= 15 is 0 Å². The number of benzene rings is 2. The summed E-state index contributed by atoms with van der Waals surface area (Å²) in [6.07, 6.45) is 2.18. The molecule has 1 saturated heterocycles. The highest BCUT2D eigenvalue weighted by atomic mass is 127. The van der Waals surface area contributed by atoms with Crippen LogP contribution in [0.5, 0.6) is 0 Å². The van der Waals surface area contributed by atoms with Gasteiger partial charge in [0.2, 0.25) is 0 Å². The van der Waals surface area contributed by atoms with Gasteiger partial charge in [0.05, 0.1) is 0 Å². The fourth-order valence-electron chi connectivity index (χ4n) is 3.66. The maximum absolute atomic E-state index is 5.94. The van der Waals surface area contributed by atoms with Gasteiger partial charge in [0, 0.05) is 44.8 Å². The van der Waals surface area contributed by atoms with Crippen LogP contribution in [0.3, 0.4) is 0 Å². The van der Waals surface area contributed by atoms with Crippen molar-refractivity contribution >= 4 is 41.5 Å². The lowest BCUT2D eigenvalue weighted by molar-refractivity contribution is 0.269. The van der Waals surface area contributed by atoms with Crippen molar-refractivity contribution in [3.8, 4) is 0 Å². The van der Waals surface area contributed by atoms with Crippen molar-refractivity contribution in [2.75, 3.05) is 46.8 Å². The van der Waals surface area contributed by atoms with E-state index in [9.17, 15) is 0 Å². The van der Waals surface area contributed by atoms with Crippen LogP contribution in [0.4, 0.5) is 0 Å². The van der Waals surface area contributed by atoms with Crippen molar-refractivity contribution in [3.63, 3.8) is 0 Å². The molecule has 0 saturated carbocycles. The Morgan fingerprint density at radius 1 is 0.903 bits per heavy atom. The molecule has 1 fully saturated rings. The lowest BCUT2D eigenvalue weighted by Gasteiger charge is -2.20. The summed E-state index contributed by atoms with van der Waals surface area (Å²) in [5.74, 6) is 0.821. The molecule has 5 nitrogen and oxygen atoms in total. The van der Waals surface area contributed by atoms with Gasteiger partial charge in [-0.05, 0) is 61.8 Å². The number of hydrogen-bond donors (Lipinski definition) is 2. The molecule has 170 valence electrons. The monoisotopic (exact) mass is 555 g/mol. The first kappa shape index (κ1) is 25.9. The van der Waals surface area contributed by atoms with Gasteiger partial charge in [0.25, 0.3) is 0 Å². The van der Waals surface area contributed by atoms with Crippen molar-refractivity contribution in [2.45, 2.75) is 25.9 Å². The Balaban J connectivity index is 0.00000341. The van der Waals surface area contributed by atoms with Crippen LogP contribution in [0.2, 0.25) is 5.02 Å². The maximum atomic E-state index is 5.94. The third-order valence-corrected chi connectivity index (χ3v) is 5.80. The minimum atomic E-state index is 0. The molecule has 1 aliphatic rings. The minimum Gasteiger partial charge on any atom is -0.356 e. The number of rotatable bonds is 7. The topological polar surface area (TPSA) is 42.9 Å². The smallest absolute Gasteiger partial charge is 0.191 e. The molecule has 0 aromatic heterocycles. The van der Waals surface area contributed by atoms with Gasteiger partial charge in [-0.1, -0.05) is 48.0 Å². The number of hydrogen-bond acceptors (Lipinski definition) is 3. The van der Waals surface area contributed by atoms with Crippen molar-refractivity contribution in [2.24, 2.45) is 4.99 Å². The lowest BCUT2D eigenvalue weighted by atomic mass is 10.1. The van der Waals surface area contributed by atoms with Gasteiger partial charge in [0.15, 0.2) is 5.96 Å². The van der Waals surface area contributed by atoms with E-state index in [0.717, 1.165) is 50.1 Å². The van der Waals surface area contributed by atoms with Gasteiger partial charge in [-0.3, -0.25) is 9.89 Å². The molecule has 0 spiro atoms. The molecule has 2 N–H and O–H groups in total. The normalized spacial score (nSPS) is 15.8. The van der Waals surface area contributed by atoms with Gasteiger partial charge in [-0.25, -0.2) is 0 Å². The molecule has 0 aliphatic carbocycles. The molecule has 1 aliphatic heterocycles. The molecule has 3 rings (SSSR count). The highest BCUT2D eigenvalue weighted by Gasteiger charge is 2.12. The van der Waals surface area contributed by atoms with Crippen LogP contribution in [-0.2, 0) is 19.5 Å². The molecule has 0 atom stereocenters. The lowest BCUT2D eigenvalue weighted by Crippen LogP contribution is -2.37. The molecule has 31 heavy (non-hydrogen) atoms. The molecule has 1 heterocycles. The molecule has 7 heteroatoms. The zero-order valence-corrected chi connectivity index (χ0v) is 21.7. The number of nitrogens with one attached hydrogen (secondary N) is 2. The Morgan fingerprint density at radius 3 is 2.29 bits per heavy atom. The Morgan fingerprint density at radius 2 is 1.58 bits per heavy atom. The zero-order chi connectivity index (χ0) is 21.2. The SMILES string of the molecule is CN=C(NCCc1ccc(Cl)cc1)NCc1ccc(CN2CCCN(C)CC2)cc1.I. The van der Waals surface area contributed by atoms with Gasteiger partial charge in [0.1, 0.15) is 0 Å². The molecule has 2 aromatic rings. The molecule has 0 amide bonds. The average Bonchev–Trinajstić information content (AvgIpc) is 2.97. The van der Waals surface area contributed by atoms with E-state index in [0.29, 0.717) is 0 Å². The van der Waals surface area contributed by atoms with Crippen LogP contribution in [0, 0.1) is 0 Å². The van der Waals surface area contributed by atoms with Gasteiger partial charge in [-0.15, -0.1) is 24.0 Å². The predicted octanol–water partition coefficient (Wildman–Crippen LogP) is 4.00. The van der Waals surface area contributed by atoms with E-state index in [-0.39, 0.29) is 24.0 Å². The number of halogens is 2. The predicted molar refractivity (Wildman–Crippen MR) is 143 cm³/mol. The summed E-state index contributed by atoms with van der Waals surface area (Å²) in [7, 11) is 4.02. The van der Waals surface area contributed by atoms with Crippen LogP contribution >= 0.6 is 35.6 Å². The van der Waals surface area contributed by atoms with Crippen LogP contribution < -0.4 is 10.6 Å². The molecular weight excluding hydrogens is 521 g/mol. The van der Waals surface area contributed by atoms with E-state index in [1.807, 2.05) is 12.1 Å². The summed E-state index contributed by atoms with van der Waals surface area (Å²) in [4.78, 5) is 9.30. The van der Waals surface area contributed by atoms with Crippen LogP contribution in [0.1, 0.15) is 23.1 Å².